The van der Waals surface area contributed by atoms with Crippen molar-refractivity contribution in [2.45, 2.75) is 20.4 Å². The summed E-state index contributed by atoms with van der Waals surface area (Å²) in [4.78, 5) is 14.7. The zero-order valence-corrected chi connectivity index (χ0v) is 11.2. The highest BCUT2D eigenvalue weighted by Gasteiger charge is 2.11. The molecule has 0 aliphatic carbocycles. The maximum atomic E-state index is 5.36. The summed E-state index contributed by atoms with van der Waals surface area (Å²) < 4.78 is 0. The maximum Gasteiger partial charge on any atom is 0.239 e. The second-order valence-corrected chi connectivity index (χ2v) is 4.21. The van der Waals surface area contributed by atoms with Gasteiger partial charge < -0.3 is 4.90 Å². The fourth-order valence-corrected chi connectivity index (χ4v) is 1.87. The zero-order valence-electron chi connectivity index (χ0n) is 11.2. The fraction of sp³-hybridized carbons (Fsp3) is 0.308. The van der Waals surface area contributed by atoms with Gasteiger partial charge in [0.2, 0.25) is 5.95 Å². The molecule has 0 bridgehead atoms. The molecular formula is C13H18N6. The Bertz CT molecular complexity index is 528. The highest BCUT2D eigenvalue weighted by atomic mass is 15.3. The number of aryl methyl sites for hydroxylation is 1. The van der Waals surface area contributed by atoms with Crippen molar-refractivity contribution in [3.63, 3.8) is 0 Å². The molecule has 0 aliphatic rings. The third-order valence-corrected chi connectivity index (χ3v) is 2.88. The topological polar surface area (TPSA) is 80.0 Å². The van der Waals surface area contributed by atoms with Crippen LogP contribution in [0, 0.1) is 6.92 Å². The molecule has 100 valence electrons. The number of aromatic nitrogens is 3. The van der Waals surface area contributed by atoms with E-state index in [1.54, 1.807) is 18.6 Å². The summed E-state index contributed by atoms with van der Waals surface area (Å²) in [6, 6.07) is 4.00. The second-order valence-electron chi connectivity index (χ2n) is 4.21. The van der Waals surface area contributed by atoms with Gasteiger partial charge in [-0.05, 0) is 31.5 Å². The number of nitrogens with one attached hydrogen (secondary N) is 1. The molecule has 19 heavy (non-hydrogen) atoms. The van der Waals surface area contributed by atoms with Crippen molar-refractivity contribution in [3.8, 4) is 0 Å². The van der Waals surface area contributed by atoms with E-state index >= 15 is 0 Å². The van der Waals surface area contributed by atoms with Gasteiger partial charge in [-0.1, -0.05) is 0 Å². The van der Waals surface area contributed by atoms with Crippen LogP contribution in [0.25, 0.3) is 0 Å². The summed E-state index contributed by atoms with van der Waals surface area (Å²) in [5.74, 6) is 6.68. The van der Waals surface area contributed by atoms with Crippen LogP contribution in [0.1, 0.15) is 18.1 Å². The predicted octanol–water partition coefficient (Wildman–Crippen LogP) is 1.49. The van der Waals surface area contributed by atoms with Gasteiger partial charge in [-0.15, -0.1) is 0 Å². The molecule has 6 nitrogen and oxygen atoms in total. The lowest BCUT2D eigenvalue weighted by atomic mass is 10.2. The molecule has 0 unspecified atom stereocenters. The number of rotatable bonds is 5. The molecule has 0 saturated heterocycles. The summed E-state index contributed by atoms with van der Waals surface area (Å²) in [6.07, 6.45) is 5.36. The van der Waals surface area contributed by atoms with Crippen LogP contribution in [0.3, 0.4) is 0 Å². The summed E-state index contributed by atoms with van der Waals surface area (Å²) in [5, 5.41) is 0. The van der Waals surface area contributed by atoms with Crippen molar-refractivity contribution in [3.05, 3.63) is 41.9 Å². The van der Waals surface area contributed by atoms with Crippen molar-refractivity contribution >= 4 is 11.8 Å². The molecule has 0 aliphatic heterocycles. The van der Waals surface area contributed by atoms with E-state index in [4.69, 9.17) is 5.84 Å². The molecule has 0 atom stereocenters. The Balaban J connectivity index is 2.26. The molecule has 0 saturated carbocycles. The van der Waals surface area contributed by atoms with Crippen LogP contribution in [0.15, 0.2) is 30.7 Å². The zero-order chi connectivity index (χ0) is 13.7. The monoisotopic (exact) mass is 258 g/mol. The van der Waals surface area contributed by atoms with Crippen LogP contribution in [0.5, 0.6) is 0 Å². The Morgan fingerprint density at radius 1 is 1.32 bits per heavy atom. The quantitative estimate of drug-likeness (QED) is 0.625. The van der Waals surface area contributed by atoms with Gasteiger partial charge in [-0.25, -0.2) is 10.8 Å². The van der Waals surface area contributed by atoms with Gasteiger partial charge in [0.25, 0.3) is 0 Å². The van der Waals surface area contributed by atoms with E-state index in [-0.39, 0.29) is 0 Å². The fourth-order valence-electron chi connectivity index (χ4n) is 1.87. The van der Waals surface area contributed by atoms with Crippen LogP contribution in [-0.2, 0) is 6.54 Å². The first-order chi connectivity index (χ1) is 9.24. The molecule has 0 fully saturated rings. The van der Waals surface area contributed by atoms with Gasteiger partial charge in [-0.3, -0.25) is 10.4 Å². The SMILES string of the molecule is CCN(Cc1ccncc1)c1nc(NN)ncc1C. The van der Waals surface area contributed by atoms with Crippen molar-refractivity contribution in [2.75, 3.05) is 16.9 Å². The van der Waals surface area contributed by atoms with E-state index in [1.807, 2.05) is 19.1 Å². The van der Waals surface area contributed by atoms with E-state index in [0.717, 1.165) is 24.5 Å². The lowest BCUT2D eigenvalue weighted by Gasteiger charge is -2.23. The minimum atomic E-state index is 0.425. The molecule has 2 aromatic heterocycles. The highest BCUT2D eigenvalue weighted by molar-refractivity contribution is 5.49. The van der Waals surface area contributed by atoms with Crippen molar-refractivity contribution in [1.29, 1.82) is 0 Å². The molecular weight excluding hydrogens is 240 g/mol. The average molecular weight is 258 g/mol. The molecule has 2 aromatic rings. The van der Waals surface area contributed by atoms with Crippen LogP contribution in [0.4, 0.5) is 11.8 Å². The molecule has 3 N–H and O–H groups in total. The first kappa shape index (κ1) is 13.2. The Hall–Kier alpha value is -2.21. The van der Waals surface area contributed by atoms with Gasteiger partial charge in [0, 0.05) is 37.2 Å². The van der Waals surface area contributed by atoms with Gasteiger partial charge in [0.15, 0.2) is 0 Å². The number of hydrogen-bond donors (Lipinski definition) is 2. The minimum Gasteiger partial charge on any atom is -0.352 e. The molecule has 2 rings (SSSR count). The Morgan fingerprint density at radius 2 is 2.05 bits per heavy atom. The third kappa shape index (κ3) is 3.17. The highest BCUT2D eigenvalue weighted by Crippen LogP contribution is 2.19. The molecule has 0 spiro atoms. The Labute approximate surface area is 112 Å². The van der Waals surface area contributed by atoms with E-state index in [0.29, 0.717) is 5.95 Å². The van der Waals surface area contributed by atoms with E-state index < -0.39 is 0 Å². The van der Waals surface area contributed by atoms with Crippen LogP contribution in [-0.4, -0.2) is 21.5 Å². The standard InChI is InChI=1S/C13H18N6/c1-3-19(9-11-4-6-15-7-5-11)12-10(2)8-16-13(17-12)18-14/h4-8H,3,9,14H2,1-2H3,(H,16,17,18). The van der Waals surface area contributed by atoms with Crippen molar-refractivity contribution in [1.82, 2.24) is 15.0 Å². The van der Waals surface area contributed by atoms with Gasteiger partial charge in [0.05, 0.1) is 0 Å². The average Bonchev–Trinajstić information content (AvgIpc) is 2.47. The predicted molar refractivity (Wildman–Crippen MR) is 75.5 cm³/mol. The minimum absolute atomic E-state index is 0.425. The molecule has 0 amide bonds. The van der Waals surface area contributed by atoms with Crippen molar-refractivity contribution < 1.29 is 0 Å². The van der Waals surface area contributed by atoms with Crippen LogP contribution >= 0.6 is 0 Å². The molecule has 6 heteroatoms. The van der Waals surface area contributed by atoms with Gasteiger partial charge in [0.1, 0.15) is 5.82 Å². The lowest BCUT2D eigenvalue weighted by Crippen LogP contribution is -2.25. The Kier molecular flexibility index (Phi) is 4.25. The summed E-state index contributed by atoms with van der Waals surface area (Å²) in [5.41, 5.74) is 4.69. The smallest absolute Gasteiger partial charge is 0.239 e. The normalized spacial score (nSPS) is 10.3. The van der Waals surface area contributed by atoms with Crippen LogP contribution < -0.4 is 16.2 Å². The number of nitrogen functional groups attached to an aromatic ring is 1. The second kappa shape index (κ2) is 6.10. The number of pyridine rings is 1. The molecule has 2 heterocycles. The lowest BCUT2D eigenvalue weighted by molar-refractivity contribution is 0.803. The maximum absolute atomic E-state index is 5.36. The van der Waals surface area contributed by atoms with Crippen molar-refractivity contribution in [2.24, 2.45) is 5.84 Å². The largest absolute Gasteiger partial charge is 0.352 e. The van der Waals surface area contributed by atoms with Gasteiger partial charge in [-0.2, -0.15) is 4.98 Å². The number of anilines is 2. The van der Waals surface area contributed by atoms with Crippen LogP contribution in [0.2, 0.25) is 0 Å². The summed E-state index contributed by atoms with van der Waals surface area (Å²) >= 11 is 0. The third-order valence-electron chi connectivity index (χ3n) is 2.88. The van der Waals surface area contributed by atoms with E-state index in [1.165, 1.54) is 5.56 Å². The number of nitrogens with zero attached hydrogens (tertiary/aromatic N) is 4. The summed E-state index contributed by atoms with van der Waals surface area (Å²) in [7, 11) is 0. The number of nitrogens with two attached hydrogens (primary N) is 1. The molecule has 0 radical (unpaired) electrons. The van der Waals surface area contributed by atoms with Gasteiger partial charge >= 0.3 is 0 Å². The number of hydrogen-bond acceptors (Lipinski definition) is 6. The Morgan fingerprint density at radius 3 is 2.68 bits per heavy atom. The summed E-state index contributed by atoms with van der Waals surface area (Å²) in [6.45, 7) is 5.72. The van der Waals surface area contributed by atoms with E-state index in [2.05, 4.69) is 32.2 Å². The van der Waals surface area contributed by atoms with E-state index in [9.17, 15) is 0 Å². The molecule has 0 aromatic carbocycles. The first-order valence-electron chi connectivity index (χ1n) is 6.18. The first-order valence-corrected chi connectivity index (χ1v) is 6.18. The number of hydrazine groups is 1.